The highest BCUT2D eigenvalue weighted by Gasteiger charge is 2.20. The summed E-state index contributed by atoms with van der Waals surface area (Å²) >= 11 is 0. The first kappa shape index (κ1) is 13.6. The van der Waals surface area contributed by atoms with Crippen molar-refractivity contribution >= 4 is 9.84 Å². The van der Waals surface area contributed by atoms with Crippen LogP contribution in [0.2, 0.25) is 0 Å². The molecule has 18 heavy (non-hydrogen) atoms. The van der Waals surface area contributed by atoms with Crippen LogP contribution >= 0.6 is 0 Å². The molecule has 0 radical (unpaired) electrons. The first-order valence-electron chi connectivity index (χ1n) is 6.64. The number of rotatable bonds is 6. The molecule has 0 saturated carbocycles. The number of fused-ring (bicyclic) bond motifs is 1. The van der Waals surface area contributed by atoms with E-state index in [1.54, 1.807) is 6.92 Å². The van der Waals surface area contributed by atoms with Crippen LogP contribution in [0.1, 0.15) is 36.9 Å². The highest BCUT2D eigenvalue weighted by atomic mass is 32.2. The molecule has 0 saturated heterocycles. The van der Waals surface area contributed by atoms with Gasteiger partial charge in [-0.1, -0.05) is 31.2 Å². The minimum Gasteiger partial charge on any atom is -0.310 e. The summed E-state index contributed by atoms with van der Waals surface area (Å²) in [6, 6.07) is 8.90. The molecule has 0 aliphatic heterocycles. The zero-order valence-corrected chi connectivity index (χ0v) is 11.7. The van der Waals surface area contributed by atoms with Gasteiger partial charge in [-0.2, -0.15) is 0 Å². The van der Waals surface area contributed by atoms with Gasteiger partial charge in [0.1, 0.15) is 9.84 Å². The van der Waals surface area contributed by atoms with Crippen LogP contribution in [0.4, 0.5) is 0 Å². The maximum absolute atomic E-state index is 11.4. The minimum atomic E-state index is -2.82. The van der Waals surface area contributed by atoms with Crippen LogP contribution < -0.4 is 5.32 Å². The van der Waals surface area contributed by atoms with Crippen molar-refractivity contribution in [2.75, 3.05) is 18.1 Å². The molecule has 1 aliphatic rings. The molecule has 1 atom stereocenters. The maximum Gasteiger partial charge on any atom is 0.150 e. The lowest BCUT2D eigenvalue weighted by molar-refractivity contribution is 0.526. The molecule has 0 fully saturated rings. The first-order valence-corrected chi connectivity index (χ1v) is 8.46. The van der Waals surface area contributed by atoms with E-state index in [1.807, 2.05) is 0 Å². The first-order chi connectivity index (χ1) is 8.62. The molecule has 1 unspecified atom stereocenters. The molecular formula is C14H21NO2S. The molecule has 0 heterocycles. The summed E-state index contributed by atoms with van der Waals surface area (Å²) in [4.78, 5) is 0. The lowest BCUT2D eigenvalue weighted by Gasteiger charge is -2.13. The number of sulfone groups is 1. The van der Waals surface area contributed by atoms with Gasteiger partial charge < -0.3 is 5.32 Å². The van der Waals surface area contributed by atoms with Crippen LogP contribution in [0.15, 0.2) is 24.3 Å². The monoisotopic (exact) mass is 267 g/mol. The Balaban J connectivity index is 1.79. The van der Waals surface area contributed by atoms with Crippen LogP contribution in [0.3, 0.4) is 0 Å². The molecule has 4 heteroatoms. The fourth-order valence-electron chi connectivity index (χ4n) is 2.48. The van der Waals surface area contributed by atoms with Gasteiger partial charge in [-0.3, -0.25) is 0 Å². The van der Waals surface area contributed by atoms with Gasteiger partial charge >= 0.3 is 0 Å². The van der Waals surface area contributed by atoms with Crippen LogP contribution in [-0.2, 0) is 16.3 Å². The molecule has 3 nitrogen and oxygen atoms in total. The van der Waals surface area contributed by atoms with Gasteiger partial charge in [0.25, 0.3) is 0 Å². The van der Waals surface area contributed by atoms with Gasteiger partial charge in [-0.05, 0) is 36.9 Å². The average molecular weight is 267 g/mol. The molecule has 0 aromatic heterocycles. The Bertz CT molecular complexity index is 496. The van der Waals surface area contributed by atoms with Crippen molar-refractivity contribution in [3.63, 3.8) is 0 Å². The molecule has 0 amide bonds. The van der Waals surface area contributed by atoms with Crippen molar-refractivity contribution in [1.29, 1.82) is 0 Å². The third-order valence-electron chi connectivity index (χ3n) is 3.60. The molecule has 1 N–H and O–H groups in total. The fourth-order valence-corrected chi connectivity index (χ4v) is 3.35. The summed E-state index contributed by atoms with van der Waals surface area (Å²) in [5.41, 5.74) is 2.81. The predicted octanol–water partition coefficient (Wildman–Crippen LogP) is 2.09. The second kappa shape index (κ2) is 5.85. The Morgan fingerprint density at radius 2 is 2.11 bits per heavy atom. The van der Waals surface area contributed by atoms with E-state index in [1.165, 1.54) is 11.1 Å². The molecule has 1 aliphatic carbocycles. The van der Waals surface area contributed by atoms with E-state index >= 15 is 0 Å². The number of hydrogen-bond acceptors (Lipinski definition) is 3. The summed E-state index contributed by atoms with van der Waals surface area (Å²) < 4.78 is 22.7. The third kappa shape index (κ3) is 3.33. The standard InChI is InChI=1S/C14H21NO2S/c1-2-18(16,17)11-5-10-15-14-9-8-12-6-3-4-7-13(12)14/h3-4,6-7,14-15H,2,5,8-11H2,1H3. The van der Waals surface area contributed by atoms with Crippen molar-refractivity contribution in [1.82, 2.24) is 5.32 Å². The van der Waals surface area contributed by atoms with Crippen LogP contribution in [-0.4, -0.2) is 26.5 Å². The van der Waals surface area contributed by atoms with Gasteiger partial charge in [-0.25, -0.2) is 8.42 Å². The van der Waals surface area contributed by atoms with E-state index in [-0.39, 0.29) is 5.75 Å². The summed E-state index contributed by atoms with van der Waals surface area (Å²) in [6.45, 7) is 2.48. The van der Waals surface area contributed by atoms with Crippen LogP contribution in [0, 0.1) is 0 Å². The molecule has 100 valence electrons. The fraction of sp³-hybridized carbons (Fsp3) is 0.571. The number of hydrogen-bond donors (Lipinski definition) is 1. The van der Waals surface area contributed by atoms with Crippen molar-refractivity contribution in [2.45, 2.75) is 32.2 Å². The number of aryl methyl sites for hydroxylation is 1. The van der Waals surface area contributed by atoms with Gasteiger partial charge in [0.15, 0.2) is 0 Å². The summed E-state index contributed by atoms with van der Waals surface area (Å²) in [7, 11) is -2.82. The smallest absolute Gasteiger partial charge is 0.150 e. The van der Waals surface area contributed by atoms with Crippen LogP contribution in [0.25, 0.3) is 0 Å². The average Bonchev–Trinajstić information content (AvgIpc) is 2.78. The Hall–Kier alpha value is -0.870. The van der Waals surface area contributed by atoms with E-state index in [2.05, 4.69) is 29.6 Å². The van der Waals surface area contributed by atoms with Crippen molar-refractivity contribution in [2.24, 2.45) is 0 Å². The highest BCUT2D eigenvalue weighted by molar-refractivity contribution is 7.91. The molecule has 1 aromatic carbocycles. The number of nitrogens with one attached hydrogen (secondary N) is 1. The number of benzene rings is 1. The Kier molecular flexibility index (Phi) is 4.40. The largest absolute Gasteiger partial charge is 0.310 e. The molecular weight excluding hydrogens is 246 g/mol. The normalized spacial score (nSPS) is 18.8. The molecule has 0 spiro atoms. The Morgan fingerprint density at radius 3 is 2.89 bits per heavy atom. The van der Waals surface area contributed by atoms with E-state index in [9.17, 15) is 8.42 Å². The lowest BCUT2D eigenvalue weighted by atomic mass is 10.1. The van der Waals surface area contributed by atoms with Gasteiger partial charge in [-0.15, -0.1) is 0 Å². The highest BCUT2D eigenvalue weighted by Crippen LogP contribution is 2.30. The quantitative estimate of drug-likeness (QED) is 0.803. The Labute approximate surface area is 110 Å². The van der Waals surface area contributed by atoms with Crippen molar-refractivity contribution in [3.05, 3.63) is 35.4 Å². The lowest BCUT2D eigenvalue weighted by Crippen LogP contribution is -2.22. The summed E-state index contributed by atoms with van der Waals surface area (Å²) in [6.07, 6.45) is 2.95. The molecule has 0 bridgehead atoms. The zero-order chi connectivity index (χ0) is 13.0. The predicted molar refractivity (Wildman–Crippen MR) is 74.5 cm³/mol. The third-order valence-corrected chi connectivity index (χ3v) is 5.39. The second-order valence-electron chi connectivity index (χ2n) is 4.83. The van der Waals surface area contributed by atoms with E-state index in [0.29, 0.717) is 18.2 Å². The van der Waals surface area contributed by atoms with Crippen molar-refractivity contribution < 1.29 is 8.42 Å². The van der Waals surface area contributed by atoms with E-state index in [4.69, 9.17) is 0 Å². The maximum atomic E-state index is 11.4. The Morgan fingerprint density at radius 1 is 1.33 bits per heavy atom. The van der Waals surface area contributed by atoms with Gasteiger partial charge in [0, 0.05) is 11.8 Å². The van der Waals surface area contributed by atoms with Crippen LogP contribution in [0.5, 0.6) is 0 Å². The summed E-state index contributed by atoms with van der Waals surface area (Å²) in [5.74, 6) is 0.546. The van der Waals surface area contributed by atoms with Gasteiger partial charge in [0.05, 0.1) is 5.75 Å². The van der Waals surface area contributed by atoms with E-state index < -0.39 is 9.84 Å². The summed E-state index contributed by atoms with van der Waals surface area (Å²) in [5, 5.41) is 3.47. The second-order valence-corrected chi connectivity index (χ2v) is 7.31. The minimum absolute atomic E-state index is 0.249. The van der Waals surface area contributed by atoms with E-state index in [0.717, 1.165) is 19.4 Å². The van der Waals surface area contributed by atoms with Gasteiger partial charge in [0.2, 0.25) is 0 Å². The van der Waals surface area contributed by atoms with Crippen molar-refractivity contribution in [3.8, 4) is 0 Å². The zero-order valence-electron chi connectivity index (χ0n) is 10.9. The SMILES string of the molecule is CCS(=O)(=O)CCCNC1CCc2ccccc21. The molecule has 2 rings (SSSR count). The topological polar surface area (TPSA) is 46.2 Å². The molecule has 1 aromatic rings.